The number of benzene rings is 6. The molecule has 0 spiro atoms. The molecule has 0 aliphatic heterocycles. The molecule has 0 saturated heterocycles. The van der Waals surface area contributed by atoms with Gasteiger partial charge in [0.05, 0.1) is 32.6 Å². The van der Waals surface area contributed by atoms with Crippen molar-refractivity contribution >= 4 is 49.3 Å². The van der Waals surface area contributed by atoms with Crippen LogP contribution in [0.25, 0.3) is 66.1 Å². The normalized spacial score (nSPS) is 11.6. The molecule has 8 rings (SSSR count). The van der Waals surface area contributed by atoms with Gasteiger partial charge in [0.25, 0.3) is 5.69 Å². The molecule has 0 unspecified atom stereocenters. The number of rotatable bonds is 4. The summed E-state index contributed by atoms with van der Waals surface area (Å²) in [4.78, 5) is 11.9. The predicted octanol–water partition coefficient (Wildman–Crippen LogP) is 9.46. The van der Waals surface area contributed by atoms with Crippen LogP contribution in [0.4, 0.5) is 5.69 Å². The van der Waals surface area contributed by atoms with Crippen molar-refractivity contribution in [3.63, 3.8) is 0 Å². The quantitative estimate of drug-likeness (QED) is 0.168. The number of aromatic nitrogens is 2. The highest BCUT2D eigenvalue weighted by molar-refractivity contribution is 6.10. The first kappa shape index (κ1) is 23.2. The minimum Gasteiger partial charge on any atom is -0.309 e. The Labute approximate surface area is 235 Å². The van der Waals surface area contributed by atoms with Crippen LogP contribution in [-0.4, -0.2) is 14.1 Å². The Morgan fingerprint density at radius 2 is 0.854 bits per heavy atom. The second-order valence-electron chi connectivity index (χ2n) is 10.2. The predicted molar refractivity (Wildman–Crippen MR) is 167 cm³/mol. The lowest BCUT2D eigenvalue weighted by Crippen LogP contribution is -1.98. The SMILES string of the molecule is O=[N+]([O-])c1ccc(-n2c3ccccc3c3ccccc32)cc1-c1ccc(-n2c3ccccc3c3ccccc32)cc1. The summed E-state index contributed by atoms with van der Waals surface area (Å²) < 4.78 is 4.43. The lowest BCUT2D eigenvalue weighted by atomic mass is 10.0. The first-order valence-corrected chi connectivity index (χ1v) is 13.5. The van der Waals surface area contributed by atoms with Gasteiger partial charge in [0, 0.05) is 39.0 Å². The molecule has 194 valence electrons. The molecule has 0 aliphatic carbocycles. The Hall–Kier alpha value is -5.68. The van der Waals surface area contributed by atoms with Crippen LogP contribution in [0.15, 0.2) is 140 Å². The number of nitro groups is 1. The standard InChI is InChI=1S/C36H23N3O2/c40-39(41)36-22-21-26(38-34-15-7-3-11-29(34)30-12-4-8-16-35(30)38)23-31(36)24-17-19-25(20-18-24)37-32-13-5-1-9-27(32)28-10-2-6-14-33(28)37/h1-23H. The second-order valence-corrected chi connectivity index (χ2v) is 10.2. The zero-order chi connectivity index (χ0) is 27.5. The molecule has 0 N–H and O–H groups in total. The highest BCUT2D eigenvalue weighted by Gasteiger charge is 2.19. The van der Waals surface area contributed by atoms with Crippen LogP contribution in [0, 0.1) is 10.1 Å². The van der Waals surface area contributed by atoms with Crippen LogP contribution < -0.4 is 0 Å². The molecule has 0 bridgehead atoms. The molecule has 2 heterocycles. The molecular weight excluding hydrogens is 506 g/mol. The molecule has 0 aliphatic rings. The Bertz CT molecular complexity index is 2180. The van der Waals surface area contributed by atoms with E-state index in [1.54, 1.807) is 6.07 Å². The van der Waals surface area contributed by atoms with Gasteiger partial charge in [-0.15, -0.1) is 0 Å². The van der Waals surface area contributed by atoms with Gasteiger partial charge in [0.1, 0.15) is 0 Å². The van der Waals surface area contributed by atoms with Gasteiger partial charge in [0.15, 0.2) is 0 Å². The average Bonchev–Trinajstić information content (AvgIpc) is 3.54. The maximum atomic E-state index is 12.2. The molecule has 5 nitrogen and oxygen atoms in total. The number of para-hydroxylation sites is 4. The smallest absolute Gasteiger partial charge is 0.277 e. The van der Waals surface area contributed by atoms with E-state index in [0.29, 0.717) is 5.56 Å². The number of nitrogens with zero attached hydrogens (tertiary/aromatic N) is 3. The van der Waals surface area contributed by atoms with Gasteiger partial charge in [-0.2, -0.15) is 0 Å². The number of fused-ring (bicyclic) bond motifs is 6. The van der Waals surface area contributed by atoms with Crippen molar-refractivity contribution in [2.24, 2.45) is 0 Å². The van der Waals surface area contributed by atoms with Gasteiger partial charge >= 0.3 is 0 Å². The molecule has 41 heavy (non-hydrogen) atoms. The molecule has 0 fully saturated rings. The van der Waals surface area contributed by atoms with E-state index < -0.39 is 0 Å². The summed E-state index contributed by atoms with van der Waals surface area (Å²) in [6, 6.07) is 46.8. The topological polar surface area (TPSA) is 53.0 Å². The fraction of sp³-hybridized carbons (Fsp3) is 0. The summed E-state index contributed by atoms with van der Waals surface area (Å²) >= 11 is 0. The van der Waals surface area contributed by atoms with E-state index >= 15 is 0 Å². The molecule has 0 radical (unpaired) electrons. The average molecular weight is 530 g/mol. The van der Waals surface area contributed by atoms with Gasteiger partial charge < -0.3 is 9.13 Å². The van der Waals surface area contributed by atoms with E-state index in [4.69, 9.17) is 0 Å². The minimum atomic E-state index is -0.300. The van der Waals surface area contributed by atoms with Crippen molar-refractivity contribution in [2.75, 3.05) is 0 Å². The van der Waals surface area contributed by atoms with Crippen molar-refractivity contribution < 1.29 is 4.92 Å². The maximum absolute atomic E-state index is 12.2. The van der Waals surface area contributed by atoms with Gasteiger partial charge in [-0.05, 0) is 54.1 Å². The Kier molecular flexibility index (Phi) is 5.06. The van der Waals surface area contributed by atoms with E-state index in [1.165, 1.54) is 10.8 Å². The summed E-state index contributed by atoms with van der Waals surface area (Å²) in [6.45, 7) is 0. The van der Waals surface area contributed by atoms with Crippen LogP contribution in [0.2, 0.25) is 0 Å². The van der Waals surface area contributed by atoms with Crippen LogP contribution in [0.3, 0.4) is 0 Å². The molecule has 0 atom stereocenters. The van der Waals surface area contributed by atoms with Crippen molar-refractivity contribution in [2.45, 2.75) is 0 Å². The summed E-state index contributed by atoms with van der Waals surface area (Å²) in [7, 11) is 0. The summed E-state index contributed by atoms with van der Waals surface area (Å²) in [6.07, 6.45) is 0. The number of hydrogen-bond donors (Lipinski definition) is 0. The van der Waals surface area contributed by atoms with Crippen molar-refractivity contribution in [3.05, 3.63) is 150 Å². The highest BCUT2D eigenvalue weighted by atomic mass is 16.6. The summed E-state index contributed by atoms with van der Waals surface area (Å²) in [5.74, 6) is 0. The third-order valence-electron chi connectivity index (χ3n) is 8.03. The van der Waals surface area contributed by atoms with Crippen LogP contribution in [-0.2, 0) is 0 Å². The summed E-state index contributed by atoms with van der Waals surface area (Å²) in [5, 5.41) is 16.9. The Morgan fingerprint density at radius 3 is 1.29 bits per heavy atom. The monoisotopic (exact) mass is 529 g/mol. The highest BCUT2D eigenvalue weighted by Crippen LogP contribution is 2.38. The third-order valence-corrected chi connectivity index (χ3v) is 8.03. The van der Waals surface area contributed by atoms with Crippen molar-refractivity contribution in [1.29, 1.82) is 0 Å². The van der Waals surface area contributed by atoms with E-state index in [-0.39, 0.29) is 10.6 Å². The lowest BCUT2D eigenvalue weighted by Gasteiger charge is -2.12. The van der Waals surface area contributed by atoms with Crippen molar-refractivity contribution in [1.82, 2.24) is 9.13 Å². The van der Waals surface area contributed by atoms with Gasteiger partial charge in [0.2, 0.25) is 0 Å². The van der Waals surface area contributed by atoms with E-state index in [9.17, 15) is 10.1 Å². The molecule has 0 saturated carbocycles. The number of nitro benzene ring substituents is 1. The van der Waals surface area contributed by atoms with E-state index in [2.05, 4.69) is 81.9 Å². The summed E-state index contributed by atoms with van der Waals surface area (Å²) in [5.41, 5.74) is 7.74. The van der Waals surface area contributed by atoms with Crippen LogP contribution >= 0.6 is 0 Å². The molecule has 5 heteroatoms. The van der Waals surface area contributed by atoms with Crippen LogP contribution in [0.1, 0.15) is 0 Å². The van der Waals surface area contributed by atoms with E-state index in [0.717, 1.165) is 49.8 Å². The Balaban J connectivity index is 1.31. The Morgan fingerprint density at radius 1 is 0.463 bits per heavy atom. The molecular formula is C36H23N3O2. The van der Waals surface area contributed by atoms with Gasteiger partial charge in [-0.1, -0.05) is 84.9 Å². The lowest BCUT2D eigenvalue weighted by molar-refractivity contribution is -0.384. The third kappa shape index (κ3) is 3.49. The first-order valence-electron chi connectivity index (χ1n) is 13.5. The fourth-order valence-electron chi connectivity index (χ4n) is 6.25. The van der Waals surface area contributed by atoms with Crippen molar-refractivity contribution in [3.8, 4) is 22.5 Å². The largest absolute Gasteiger partial charge is 0.309 e. The van der Waals surface area contributed by atoms with Gasteiger partial charge in [-0.3, -0.25) is 10.1 Å². The number of hydrogen-bond acceptors (Lipinski definition) is 2. The molecule has 0 amide bonds. The van der Waals surface area contributed by atoms with E-state index in [1.807, 2.05) is 60.7 Å². The minimum absolute atomic E-state index is 0.0825. The zero-order valence-corrected chi connectivity index (χ0v) is 21.9. The first-order chi connectivity index (χ1) is 20.2. The fourth-order valence-corrected chi connectivity index (χ4v) is 6.25. The zero-order valence-electron chi connectivity index (χ0n) is 21.9. The molecule has 2 aromatic heterocycles. The maximum Gasteiger partial charge on any atom is 0.277 e. The van der Waals surface area contributed by atoms with Crippen LogP contribution in [0.5, 0.6) is 0 Å². The van der Waals surface area contributed by atoms with Gasteiger partial charge in [-0.25, -0.2) is 0 Å². The molecule has 6 aromatic carbocycles. The molecule has 8 aromatic rings. The second kappa shape index (κ2) is 8.93.